The fourth-order valence-electron chi connectivity index (χ4n) is 3.40. The highest BCUT2D eigenvalue weighted by atomic mass is 32.1. The molecular formula is C24H24F3N3O3S. The molecule has 1 aliphatic rings. The molecule has 180 valence electrons. The lowest BCUT2D eigenvalue weighted by Gasteiger charge is -2.26. The summed E-state index contributed by atoms with van der Waals surface area (Å²) in [5.74, 6) is 0.383. The average molecular weight is 492 g/mol. The molecule has 0 unspecified atom stereocenters. The van der Waals surface area contributed by atoms with E-state index in [2.05, 4.69) is 15.2 Å². The summed E-state index contributed by atoms with van der Waals surface area (Å²) in [6.07, 6.45) is -4.35. The summed E-state index contributed by atoms with van der Waals surface area (Å²) >= 11 is 1.38. The molecule has 0 radical (unpaired) electrons. The second kappa shape index (κ2) is 11.0. The number of hydrogen-bond donors (Lipinski definition) is 1. The van der Waals surface area contributed by atoms with Gasteiger partial charge in [-0.05, 0) is 42.0 Å². The van der Waals surface area contributed by atoms with Crippen LogP contribution in [0.3, 0.4) is 0 Å². The number of rotatable bonds is 8. The number of carbonyl (C=O) groups is 1. The Kier molecular flexibility index (Phi) is 7.81. The molecule has 2 aromatic carbocycles. The van der Waals surface area contributed by atoms with E-state index in [4.69, 9.17) is 9.47 Å². The number of halogens is 3. The topological polar surface area (TPSA) is 63.7 Å². The minimum atomic E-state index is -4.35. The SMILES string of the molecule is O=C(NCCN1CCOCC1)c1csc(-c2ccc(OCc3ccc(C(F)(F)F)cc3)cc2)n1. The van der Waals surface area contributed by atoms with Crippen molar-refractivity contribution >= 4 is 17.2 Å². The molecule has 0 saturated carbocycles. The van der Waals surface area contributed by atoms with Crippen LogP contribution in [-0.2, 0) is 17.5 Å². The summed E-state index contributed by atoms with van der Waals surface area (Å²) in [5, 5.41) is 5.35. The standard InChI is InChI=1S/C24H24F3N3O3S/c25-24(26,27)19-5-1-17(2-6-19)15-33-20-7-3-18(4-8-20)23-29-21(16-34-23)22(31)28-9-10-30-11-13-32-14-12-30/h1-8,16H,9-15H2,(H,28,31). The molecule has 1 amide bonds. The molecular weight excluding hydrogens is 467 g/mol. The number of ether oxygens (including phenoxy) is 2. The number of hydrogen-bond acceptors (Lipinski definition) is 6. The Morgan fingerprint density at radius 3 is 2.47 bits per heavy atom. The monoisotopic (exact) mass is 491 g/mol. The quantitative estimate of drug-likeness (QED) is 0.504. The largest absolute Gasteiger partial charge is 0.489 e. The zero-order chi connectivity index (χ0) is 24.0. The molecule has 34 heavy (non-hydrogen) atoms. The third-order valence-corrected chi connectivity index (χ3v) is 6.23. The molecule has 0 aliphatic carbocycles. The Labute approximate surface area is 199 Å². The first-order valence-electron chi connectivity index (χ1n) is 10.8. The lowest BCUT2D eigenvalue weighted by Crippen LogP contribution is -2.41. The molecule has 3 aromatic rings. The van der Waals surface area contributed by atoms with Gasteiger partial charge in [0.2, 0.25) is 0 Å². The summed E-state index contributed by atoms with van der Waals surface area (Å²) in [7, 11) is 0. The maximum absolute atomic E-state index is 12.7. The van der Waals surface area contributed by atoms with Gasteiger partial charge in [-0.1, -0.05) is 12.1 Å². The highest BCUT2D eigenvalue weighted by Gasteiger charge is 2.29. The van der Waals surface area contributed by atoms with Gasteiger partial charge >= 0.3 is 6.18 Å². The van der Waals surface area contributed by atoms with E-state index in [9.17, 15) is 18.0 Å². The van der Waals surface area contributed by atoms with Gasteiger partial charge in [-0.25, -0.2) is 4.98 Å². The van der Waals surface area contributed by atoms with Gasteiger partial charge in [0.25, 0.3) is 5.91 Å². The molecule has 1 N–H and O–H groups in total. The lowest BCUT2D eigenvalue weighted by molar-refractivity contribution is -0.137. The van der Waals surface area contributed by atoms with Crippen LogP contribution in [0.4, 0.5) is 13.2 Å². The van der Waals surface area contributed by atoms with Crippen LogP contribution in [0.25, 0.3) is 10.6 Å². The molecule has 1 fully saturated rings. The molecule has 6 nitrogen and oxygen atoms in total. The summed E-state index contributed by atoms with van der Waals surface area (Å²) in [5.41, 5.74) is 1.18. The summed E-state index contributed by atoms with van der Waals surface area (Å²) in [6.45, 7) is 4.69. The second-order valence-corrected chi connectivity index (χ2v) is 8.61. The first kappa shape index (κ1) is 24.2. The Morgan fingerprint density at radius 2 is 1.79 bits per heavy atom. The number of aromatic nitrogens is 1. The Balaban J connectivity index is 1.27. The molecule has 0 spiro atoms. The van der Waals surface area contributed by atoms with E-state index in [0.717, 1.165) is 50.5 Å². The van der Waals surface area contributed by atoms with Crippen molar-refractivity contribution < 1.29 is 27.4 Å². The van der Waals surface area contributed by atoms with Crippen LogP contribution in [-0.4, -0.2) is 55.2 Å². The number of amides is 1. The van der Waals surface area contributed by atoms with Gasteiger partial charge < -0.3 is 14.8 Å². The van der Waals surface area contributed by atoms with E-state index in [1.807, 2.05) is 12.1 Å². The molecule has 0 atom stereocenters. The van der Waals surface area contributed by atoms with Gasteiger partial charge in [0.15, 0.2) is 0 Å². The normalized spacial score (nSPS) is 14.7. The van der Waals surface area contributed by atoms with E-state index in [-0.39, 0.29) is 12.5 Å². The lowest BCUT2D eigenvalue weighted by atomic mass is 10.1. The molecule has 1 aromatic heterocycles. The molecule has 1 saturated heterocycles. The van der Waals surface area contributed by atoms with Crippen LogP contribution in [0.15, 0.2) is 53.9 Å². The number of thiazole rings is 1. The average Bonchev–Trinajstić information content (AvgIpc) is 3.34. The van der Waals surface area contributed by atoms with Gasteiger partial charge in [0.1, 0.15) is 23.1 Å². The molecule has 2 heterocycles. The first-order valence-corrected chi connectivity index (χ1v) is 11.7. The third-order valence-electron chi connectivity index (χ3n) is 5.34. The highest BCUT2D eigenvalue weighted by Crippen LogP contribution is 2.29. The van der Waals surface area contributed by atoms with Crippen molar-refractivity contribution in [2.75, 3.05) is 39.4 Å². The maximum Gasteiger partial charge on any atom is 0.416 e. The van der Waals surface area contributed by atoms with E-state index in [0.29, 0.717) is 28.6 Å². The van der Waals surface area contributed by atoms with Crippen molar-refractivity contribution in [3.8, 4) is 16.3 Å². The minimum Gasteiger partial charge on any atom is -0.489 e. The molecule has 10 heteroatoms. The highest BCUT2D eigenvalue weighted by molar-refractivity contribution is 7.13. The number of alkyl halides is 3. The first-order chi connectivity index (χ1) is 16.4. The van der Waals surface area contributed by atoms with Crippen LogP contribution in [0, 0.1) is 0 Å². The fraction of sp³-hybridized carbons (Fsp3) is 0.333. The second-order valence-electron chi connectivity index (χ2n) is 7.76. The van der Waals surface area contributed by atoms with Crippen LogP contribution in [0.5, 0.6) is 5.75 Å². The van der Waals surface area contributed by atoms with Crippen LogP contribution in [0.2, 0.25) is 0 Å². The molecule has 4 rings (SSSR count). The third kappa shape index (κ3) is 6.55. The van der Waals surface area contributed by atoms with Gasteiger partial charge in [0.05, 0.1) is 18.8 Å². The molecule has 1 aliphatic heterocycles. The molecule has 0 bridgehead atoms. The van der Waals surface area contributed by atoms with Crippen molar-refractivity contribution in [1.29, 1.82) is 0 Å². The number of benzene rings is 2. The summed E-state index contributed by atoms with van der Waals surface area (Å²) < 4.78 is 49.0. The van der Waals surface area contributed by atoms with E-state index in [1.165, 1.54) is 23.5 Å². The van der Waals surface area contributed by atoms with E-state index < -0.39 is 11.7 Å². The number of carbonyl (C=O) groups excluding carboxylic acids is 1. The Morgan fingerprint density at radius 1 is 1.09 bits per heavy atom. The maximum atomic E-state index is 12.7. The number of nitrogens with one attached hydrogen (secondary N) is 1. The van der Waals surface area contributed by atoms with Gasteiger partial charge in [-0.2, -0.15) is 13.2 Å². The van der Waals surface area contributed by atoms with Gasteiger partial charge in [-0.3, -0.25) is 9.69 Å². The van der Waals surface area contributed by atoms with Gasteiger partial charge in [-0.15, -0.1) is 11.3 Å². The predicted molar refractivity (Wildman–Crippen MR) is 123 cm³/mol. The van der Waals surface area contributed by atoms with Crippen molar-refractivity contribution in [2.24, 2.45) is 0 Å². The summed E-state index contributed by atoms with van der Waals surface area (Å²) in [4.78, 5) is 19.1. The van der Waals surface area contributed by atoms with Crippen molar-refractivity contribution in [3.63, 3.8) is 0 Å². The van der Waals surface area contributed by atoms with Crippen LogP contribution in [0.1, 0.15) is 21.6 Å². The van der Waals surface area contributed by atoms with E-state index in [1.54, 1.807) is 17.5 Å². The van der Waals surface area contributed by atoms with Crippen LogP contribution >= 0.6 is 11.3 Å². The Hall–Kier alpha value is -2.95. The van der Waals surface area contributed by atoms with Crippen molar-refractivity contribution in [3.05, 3.63) is 70.7 Å². The van der Waals surface area contributed by atoms with Crippen LogP contribution < -0.4 is 10.1 Å². The van der Waals surface area contributed by atoms with Gasteiger partial charge in [0, 0.05) is 37.1 Å². The zero-order valence-corrected chi connectivity index (χ0v) is 19.1. The zero-order valence-electron chi connectivity index (χ0n) is 18.3. The predicted octanol–water partition coefficient (Wildman–Crippen LogP) is 4.47. The fourth-order valence-corrected chi connectivity index (χ4v) is 4.21. The van der Waals surface area contributed by atoms with Crippen molar-refractivity contribution in [1.82, 2.24) is 15.2 Å². The summed E-state index contributed by atoms with van der Waals surface area (Å²) in [6, 6.07) is 12.1. The van der Waals surface area contributed by atoms with Crippen molar-refractivity contribution in [2.45, 2.75) is 12.8 Å². The number of nitrogens with zero attached hydrogens (tertiary/aromatic N) is 2. The van der Waals surface area contributed by atoms with E-state index >= 15 is 0 Å². The smallest absolute Gasteiger partial charge is 0.416 e. The number of morpholine rings is 1. The Bertz CT molecular complexity index is 1080. The minimum absolute atomic E-state index is 0.156.